The highest BCUT2D eigenvalue weighted by Crippen LogP contribution is 2.34. The second-order valence-corrected chi connectivity index (χ2v) is 6.28. The van der Waals surface area contributed by atoms with E-state index in [0.29, 0.717) is 0 Å². The van der Waals surface area contributed by atoms with E-state index in [1.165, 1.54) is 35.0 Å². The van der Waals surface area contributed by atoms with E-state index in [4.69, 9.17) is 0 Å². The van der Waals surface area contributed by atoms with Gasteiger partial charge in [0.2, 0.25) is 0 Å². The van der Waals surface area contributed by atoms with Crippen LogP contribution in [0.5, 0.6) is 0 Å². The van der Waals surface area contributed by atoms with Crippen LogP contribution in [0.15, 0.2) is 48.7 Å². The van der Waals surface area contributed by atoms with Crippen LogP contribution < -0.4 is 5.32 Å². The van der Waals surface area contributed by atoms with Crippen LogP contribution in [0.1, 0.15) is 24.1 Å². The molecule has 1 aromatic carbocycles. The minimum atomic E-state index is 0.806. The molecule has 1 N–H and O–H groups in total. The third-order valence-corrected chi connectivity index (χ3v) is 4.46. The van der Waals surface area contributed by atoms with Crippen molar-refractivity contribution < 1.29 is 0 Å². The highest BCUT2D eigenvalue weighted by atomic mass is 15.1. The Morgan fingerprint density at radius 2 is 2.00 bits per heavy atom. The minimum Gasteiger partial charge on any atom is -0.364 e. The van der Waals surface area contributed by atoms with Crippen LogP contribution in [0.25, 0.3) is 10.9 Å². The number of pyridine rings is 1. The van der Waals surface area contributed by atoms with Gasteiger partial charge >= 0.3 is 0 Å². The highest BCUT2D eigenvalue weighted by Gasteiger charge is 2.23. The van der Waals surface area contributed by atoms with Gasteiger partial charge in [-0.05, 0) is 43.4 Å². The van der Waals surface area contributed by atoms with Gasteiger partial charge in [0.15, 0.2) is 5.82 Å². The summed E-state index contributed by atoms with van der Waals surface area (Å²) in [6.45, 7) is 4.13. The van der Waals surface area contributed by atoms with Crippen molar-refractivity contribution in [1.82, 2.24) is 9.55 Å². The van der Waals surface area contributed by atoms with E-state index in [2.05, 4.69) is 58.2 Å². The number of anilines is 1. The molecule has 1 fully saturated rings. The molecular weight excluding hydrogens is 270 g/mol. The molecule has 3 nitrogen and oxygen atoms in total. The summed E-state index contributed by atoms with van der Waals surface area (Å²) in [5.74, 6) is 1.85. The van der Waals surface area contributed by atoms with E-state index in [-0.39, 0.29) is 0 Å². The van der Waals surface area contributed by atoms with Crippen LogP contribution in [-0.4, -0.2) is 9.55 Å². The molecule has 3 heteroatoms. The van der Waals surface area contributed by atoms with Crippen LogP contribution >= 0.6 is 0 Å². The summed E-state index contributed by atoms with van der Waals surface area (Å²) < 4.78 is 2.44. The number of aryl methyl sites for hydroxylation is 1. The molecule has 1 saturated carbocycles. The number of nitrogens with zero attached hydrogens (tertiary/aromatic N) is 2. The Balaban J connectivity index is 1.67. The maximum atomic E-state index is 4.59. The molecule has 1 aliphatic carbocycles. The quantitative estimate of drug-likeness (QED) is 0.756. The molecule has 0 aliphatic heterocycles. The van der Waals surface area contributed by atoms with E-state index < -0.39 is 0 Å². The molecule has 0 radical (unpaired) electrons. The number of aromatic nitrogens is 2. The molecule has 0 saturated heterocycles. The summed E-state index contributed by atoms with van der Waals surface area (Å²) in [5.41, 5.74) is 3.86. The molecule has 0 amide bonds. The molecule has 22 heavy (non-hydrogen) atoms. The fraction of sp³-hybridized carbons (Fsp3) is 0.316. The zero-order valence-electron chi connectivity index (χ0n) is 12.9. The van der Waals surface area contributed by atoms with Crippen molar-refractivity contribution in [2.45, 2.75) is 32.9 Å². The molecule has 1 aliphatic rings. The lowest BCUT2D eigenvalue weighted by atomic mass is 10.2. The van der Waals surface area contributed by atoms with E-state index in [0.717, 1.165) is 24.8 Å². The molecule has 4 rings (SSSR count). The van der Waals surface area contributed by atoms with Gasteiger partial charge in [-0.3, -0.25) is 0 Å². The topological polar surface area (TPSA) is 29.9 Å². The Morgan fingerprint density at radius 1 is 1.18 bits per heavy atom. The molecule has 112 valence electrons. The van der Waals surface area contributed by atoms with Crippen molar-refractivity contribution in [1.29, 1.82) is 0 Å². The van der Waals surface area contributed by atoms with Gasteiger partial charge in [-0.25, -0.2) is 4.98 Å². The predicted octanol–water partition coefficient (Wildman–Crippen LogP) is 4.37. The number of rotatable bonds is 5. The van der Waals surface area contributed by atoms with Crippen molar-refractivity contribution in [3.05, 3.63) is 59.9 Å². The third kappa shape index (κ3) is 2.59. The van der Waals surface area contributed by atoms with Crippen LogP contribution in [0, 0.1) is 12.8 Å². The smallest absolute Gasteiger partial charge is 0.150 e. The molecule has 3 aromatic rings. The zero-order chi connectivity index (χ0) is 14.9. The lowest BCUT2D eigenvalue weighted by Crippen LogP contribution is -2.07. The van der Waals surface area contributed by atoms with Gasteiger partial charge in [0.25, 0.3) is 0 Å². The number of nitrogens with one attached hydrogen (secondary N) is 1. The number of hydrogen-bond donors (Lipinski definition) is 1. The second-order valence-electron chi connectivity index (χ2n) is 6.28. The number of fused-ring (bicyclic) bond motifs is 1. The summed E-state index contributed by atoms with van der Waals surface area (Å²) in [6, 6.07) is 14.9. The Bertz CT molecular complexity index is 785. The Hall–Kier alpha value is -2.29. The molecule has 0 spiro atoms. The zero-order valence-corrected chi connectivity index (χ0v) is 12.9. The third-order valence-electron chi connectivity index (χ3n) is 4.46. The first-order valence-electron chi connectivity index (χ1n) is 8.04. The second kappa shape index (κ2) is 5.48. The lowest BCUT2D eigenvalue weighted by molar-refractivity contribution is 0.633. The van der Waals surface area contributed by atoms with Gasteiger partial charge in [-0.15, -0.1) is 0 Å². The monoisotopic (exact) mass is 291 g/mol. The van der Waals surface area contributed by atoms with E-state index in [1.807, 2.05) is 12.3 Å². The van der Waals surface area contributed by atoms with Crippen molar-refractivity contribution in [2.75, 3.05) is 5.32 Å². The predicted molar refractivity (Wildman–Crippen MR) is 91.0 cm³/mol. The van der Waals surface area contributed by atoms with Crippen molar-refractivity contribution in [2.24, 2.45) is 5.92 Å². The highest BCUT2D eigenvalue weighted by molar-refractivity contribution is 5.90. The molecule has 0 unspecified atom stereocenters. The lowest BCUT2D eigenvalue weighted by Gasteiger charge is -2.12. The first-order chi connectivity index (χ1) is 10.8. The summed E-state index contributed by atoms with van der Waals surface area (Å²) in [7, 11) is 0. The van der Waals surface area contributed by atoms with Crippen molar-refractivity contribution in [3.63, 3.8) is 0 Å². The minimum absolute atomic E-state index is 0.806. The Labute approximate surface area is 131 Å². The van der Waals surface area contributed by atoms with Gasteiger partial charge in [-0.1, -0.05) is 30.3 Å². The van der Waals surface area contributed by atoms with E-state index >= 15 is 0 Å². The average Bonchev–Trinajstić information content (AvgIpc) is 3.30. The van der Waals surface area contributed by atoms with Gasteiger partial charge in [0.1, 0.15) is 0 Å². The molecule has 2 aromatic heterocycles. The van der Waals surface area contributed by atoms with Crippen molar-refractivity contribution in [3.8, 4) is 0 Å². The van der Waals surface area contributed by atoms with Crippen molar-refractivity contribution >= 4 is 16.7 Å². The van der Waals surface area contributed by atoms with Gasteiger partial charge in [-0.2, -0.15) is 0 Å². The van der Waals surface area contributed by atoms with E-state index in [1.54, 1.807) is 0 Å². The molecule has 0 bridgehead atoms. The maximum Gasteiger partial charge on any atom is 0.150 e. The van der Waals surface area contributed by atoms with Gasteiger partial charge in [0.05, 0.1) is 5.52 Å². The fourth-order valence-electron chi connectivity index (χ4n) is 3.05. The fourth-order valence-corrected chi connectivity index (χ4v) is 3.05. The van der Waals surface area contributed by atoms with Gasteiger partial charge < -0.3 is 9.88 Å². The first-order valence-corrected chi connectivity index (χ1v) is 8.04. The normalized spacial score (nSPS) is 14.4. The number of hydrogen-bond acceptors (Lipinski definition) is 2. The van der Waals surface area contributed by atoms with Crippen LogP contribution in [0.2, 0.25) is 0 Å². The molecule has 0 atom stereocenters. The summed E-state index contributed by atoms with van der Waals surface area (Å²) in [5, 5.41) is 4.80. The summed E-state index contributed by atoms with van der Waals surface area (Å²) >= 11 is 0. The van der Waals surface area contributed by atoms with Crippen LogP contribution in [-0.2, 0) is 13.1 Å². The maximum absolute atomic E-state index is 4.59. The Kier molecular flexibility index (Phi) is 3.34. The van der Waals surface area contributed by atoms with Gasteiger partial charge in [0, 0.05) is 30.4 Å². The van der Waals surface area contributed by atoms with Crippen LogP contribution in [0.4, 0.5) is 5.82 Å². The summed E-state index contributed by atoms with van der Waals surface area (Å²) in [4.78, 5) is 4.59. The molecule has 2 heterocycles. The average molecular weight is 291 g/mol. The summed E-state index contributed by atoms with van der Waals surface area (Å²) in [6.07, 6.45) is 4.63. The SMILES string of the molecule is Cc1cc2ccnc(NCc3ccccc3)c2n1CC1CC1. The van der Waals surface area contributed by atoms with Crippen LogP contribution in [0.3, 0.4) is 0 Å². The Morgan fingerprint density at radius 3 is 2.77 bits per heavy atom. The largest absolute Gasteiger partial charge is 0.364 e. The van der Waals surface area contributed by atoms with E-state index in [9.17, 15) is 0 Å². The molecular formula is C19H21N3. The number of benzene rings is 1. The standard InChI is InChI=1S/C19H21N3/c1-14-11-17-9-10-20-19(18(17)22(14)13-16-7-8-16)21-12-15-5-3-2-4-6-15/h2-6,9-11,16H,7-8,12-13H2,1H3,(H,20,21). The first kappa shape index (κ1) is 13.4.